The van der Waals surface area contributed by atoms with Gasteiger partial charge < -0.3 is 25.2 Å². The smallest absolute Gasteiger partial charge is 0.262 e. The van der Waals surface area contributed by atoms with Gasteiger partial charge in [-0.3, -0.25) is 14.4 Å². The first-order valence-corrected chi connectivity index (χ1v) is 10.9. The van der Waals surface area contributed by atoms with Gasteiger partial charge in [-0.05, 0) is 12.5 Å². The molecule has 0 spiro atoms. The minimum atomic E-state index is -3.13. The standard InChI is InChI=1S/C27H24O8/c1-16-10-8-9-15-19(16)23(31)26(33)24(21(29)20(28)17-11-4-2-5-12-17)35-27(34,25(26)32)22(30)18-13-6-3-7-14-18/h2-15,21,24-25,29,32-34H,1H3/t21?,24-,25-,26-,27?/m1/s1. The molecule has 0 saturated carbocycles. The van der Waals surface area contributed by atoms with Crippen molar-refractivity contribution in [1.29, 1.82) is 0 Å². The molecule has 0 aromatic heterocycles. The van der Waals surface area contributed by atoms with Crippen molar-refractivity contribution in [3.8, 4) is 0 Å². The van der Waals surface area contributed by atoms with Crippen molar-refractivity contribution in [2.45, 2.75) is 36.6 Å². The lowest BCUT2D eigenvalue weighted by molar-refractivity contribution is -0.198. The number of aliphatic hydroxyl groups excluding tert-OH is 2. The van der Waals surface area contributed by atoms with E-state index in [-0.39, 0.29) is 16.7 Å². The third-order valence-corrected chi connectivity index (χ3v) is 6.26. The quantitative estimate of drug-likeness (QED) is 0.376. The summed E-state index contributed by atoms with van der Waals surface area (Å²) in [5.41, 5.74) is -2.71. The van der Waals surface area contributed by atoms with Crippen LogP contribution in [0.25, 0.3) is 0 Å². The normalized spacial score (nSPS) is 26.8. The van der Waals surface area contributed by atoms with Gasteiger partial charge in [-0.2, -0.15) is 0 Å². The fourth-order valence-corrected chi connectivity index (χ4v) is 4.29. The summed E-state index contributed by atoms with van der Waals surface area (Å²) in [6, 6.07) is 21.0. The van der Waals surface area contributed by atoms with Crippen molar-refractivity contribution in [2.75, 3.05) is 0 Å². The summed E-state index contributed by atoms with van der Waals surface area (Å²) in [5.74, 6) is -6.33. The van der Waals surface area contributed by atoms with E-state index in [1.807, 2.05) is 0 Å². The fraction of sp³-hybridized carbons (Fsp3) is 0.222. The van der Waals surface area contributed by atoms with E-state index in [1.54, 1.807) is 43.3 Å². The molecular weight excluding hydrogens is 452 g/mol. The predicted molar refractivity (Wildman–Crippen MR) is 124 cm³/mol. The van der Waals surface area contributed by atoms with Crippen LogP contribution in [-0.4, -0.2) is 67.5 Å². The monoisotopic (exact) mass is 476 g/mol. The van der Waals surface area contributed by atoms with Crippen LogP contribution in [0.5, 0.6) is 0 Å². The summed E-state index contributed by atoms with van der Waals surface area (Å²) in [4.78, 5) is 39.8. The van der Waals surface area contributed by atoms with Gasteiger partial charge in [-0.1, -0.05) is 84.9 Å². The molecule has 2 unspecified atom stereocenters. The van der Waals surface area contributed by atoms with Crippen LogP contribution in [0.2, 0.25) is 0 Å². The number of ketones is 3. The molecule has 3 aromatic carbocycles. The second-order valence-corrected chi connectivity index (χ2v) is 8.48. The molecule has 1 saturated heterocycles. The van der Waals surface area contributed by atoms with Gasteiger partial charge in [0.2, 0.25) is 5.78 Å². The Hall–Kier alpha value is -3.53. The van der Waals surface area contributed by atoms with Gasteiger partial charge in [0.1, 0.15) is 12.2 Å². The molecule has 1 heterocycles. The maximum absolute atomic E-state index is 13.6. The minimum absolute atomic E-state index is 0.0357. The first-order valence-electron chi connectivity index (χ1n) is 10.9. The molecule has 0 radical (unpaired) electrons. The zero-order valence-electron chi connectivity index (χ0n) is 18.7. The van der Waals surface area contributed by atoms with Crippen LogP contribution in [0, 0.1) is 6.92 Å². The third-order valence-electron chi connectivity index (χ3n) is 6.26. The molecule has 180 valence electrons. The summed E-state index contributed by atoms with van der Waals surface area (Å²) in [6.45, 7) is 1.58. The molecule has 0 amide bonds. The predicted octanol–water partition coefficient (Wildman–Crippen LogP) is 1.48. The summed E-state index contributed by atoms with van der Waals surface area (Å²) >= 11 is 0. The van der Waals surface area contributed by atoms with Crippen LogP contribution >= 0.6 is 0 Å². The highest BCUT2D eigenvalue weighted by Gasteiger charge is 2.71. The van der Waals surface area contributed by atoms with Crippen LogP contribution in [0.4, 0.5) is 0 Å². The Bertz CT molecular complexity index is 1260. The summed E-state index contributed by atoms with van der Waals surface area (Å²) in [5, 5.41) is 44.9. The van der Waals surface area contributed by atoms with E-state index >= 15 is 0 Å². The van der Waals surface area contributed by atoms with Gasteiger partial charge in [0.15, 0.2) is 23.3 Å². The topological polar surface area (TPSA) is 141 Å². The Balaban J connectivity index is 1.83. The van der Waals surface area contributed by atoms with E-state index in [9.17, 15) is 34.8 Å². The molecule has 8 nitrogen and oxygen atoms in total. The van der Waals surface area contributed by atoms with Crippen LogP contribution in [0.3, 0.4) is 0 Å². The van der Waals surface area contributed by atoms with E-state index in [2.05, 4.69) is 0 Å². The first kappa shape index (κ1) is 24.6. The number of carbonyl (C=O) groups is 3. The molecule has 4 rings (SSSR count). The number of aliphatic hydroxyl groups is 4. The van der Waals surface area contributed by atoms with Crippen LogP contribution in [0.1, 0.15) is 36.6 Å². The Morgan fingerprint density at radius 1 is 0.800 bits per heavy atom. The van der Waals surface area contributed by atoms with Gasteiger partial charge in [0.05, 0.1) is 0 Å². The van der Waals surface area contributed by atoms with E-state index in [0.29, 0.717) is 5.56 Å². The highest BCUT2D eigenvalue weighted by Crippen LogP contribution is 2.43. The fourth-order valence-electron chi connectivity index (χ4n) is 4.29. The average molecular weight is 476 g/mol. The first-order chi connectivity index (χ1) is 16.6. The van der Waals surface area contributed by atoms with Crippen molar-refractivity contribution in [1.82, 2.24) is 0 Å². The van der Waals surface area contributed by atoms with E-state index in [0.717, 1.165) is 0 Å². The van der Waals surface area contributed by atoms with E-state index < -0.39 is 47.0 Å². The SMILES string of the molecule is Cc1ccccc1C(=O)[C@@]1(O)[C@@H](C(O)C(=O)c2ccccc2)OC(O)(C(=O)c2ccccc2)[C@@H]1O. The zero-order chi connectivity index (χ0) is 25.4. The van der Waals surface area contributed by atoms with Crippen LogP contribution in [0.15, 0.2) is 84.9 Å². The maximum atomic E-state index is 13.6. The number of benzene rings is 3. The second-order valence-electron chi connectivity index (χ2n) is 8.48. The molecular formula is C27H24O8. The molecule has 1 aliphatic heterocycles. The van der Waals surface area contributed by atoms with Crippen LogP contribution in [-0.2, 0) is 4.74 Å². The van der Waals surface area contributed by atoms with E-state index in [1.165, 1.54) is 48.5 Å². The zero-order valence-corrected chi connectivity index (χ0v) is 18.7. The Morgan fingerprint density at radius 3 is 1.89 bits per heavy atom. The maximum Gasteiger partial charge on any atom is 0.262 e. The number of hydrogen-bond donors (Lipinski definition) is 4. The lowest BCUT2D eigenvalue weighted by Gasteiger charge is -2.32. The largest absolute Gasteiger partial charge is 0.383 e. The summed E-state index contributed by atoms with van der Waals surface area (Å²) < 4.78 is 5.39. The number of Topliss-reactive ketones (excluding diaryl/α,β-unsaturated/α-hetero) is 3. The number of carbonyl (C=O) groups excluding carboxylic acids is 3. The van der Waals surface area contributed by atoms with Gasteiger partial charge in [-0.15, -0.1) is 0 Å². The third kappa shape index (κ3) is 4.01. The van der Waals surface area contributed by atoms with Crippen molar-refractivity contribution >= 4 is 17.3 Å². The number of aryl methyl sites for hydroxylation is 1. The molecule has 35 heavy (non-hydrogen) atoms. The molecule has 4 N–H and O–H groups in total. The molecule has 5 atom stereocenters. The minimum Gasteiger partial charge on any atom is -0.383 e. The molecule has 3 aromatic rings. The molecule has 0 bridgehead atoms. The van der Waals surface area contributed by atoms with Crippen molar-refractivity contribution < 1.29 is 39.5 Å². The Labute approximate surface area is 201 Å². The number of rotatable bonds is 7. The highest BCUT2D eigenvalue weighted by atomic mass is 16.7. The van der Waals surface area contributed by atoms with Crippen LogP contribution < -0.4 is 0 Å². The van der Waals surface area contributed by atoms with Crippen molar-refractivity contribution in [2.24, 2.45) is 0 Å². The molecule has 8 heteroatoms. The highest BCUT2D eigenvalue weighted by molar-refractivity contribution is 6.09. The van der Waals surface area contributed by atoms with Gasteiger partial charge in [0, 0.05) is 16.7 Å². The Kier molecular flexibility index (Phi) is 6.50. The van der Waals surface area contributed by atoms with Gasteiger partial charge in [0.25, 0.3) is 5.79 Å². The van der Waals surface area contributed by atoms with Gasteiger partial charge in [-0.25, -0.2) is 0 Å². The second kappa shape index (κ2) is 9.26. The van der Waals surface area contributed by atoms with Gasteiger partial charge >= 0.3 is 0 Å². The van der Waals surface area contributed by atoms with Crippen molar-refractivity contribution in [3.05, 3.63) is 107 Å². The van der Waals surface area contributed by atoms with E-state index in [4.69, 9.17) is 4.74 Å². The summed E-state index contributed by atoms with van der Waals surface area (Å²) in [6.07, 6.45) is -6.91. The Morgan fingerprint density at radius 2 is 1.31 bits per heavy atom. The summed E-state index contributed by atoms with van der Waals surface area (Å²) in [7, 11) is 0. The molecule has 1 fully saturated rings. The lowest BCUT2D eigenvalue weighted by atomic mass is 9.77. The number of ether oxygens (including phenoxy) is 1. The molecule has 0 aliphatic carbocycles. The lowest BCUT2D eigenvalue weighted by Crippen LogP contribution is -2.61. The average Bonchev–Trinajstić information content (AvgIpc) is 3.11. The molecule has 1 aliphatic rings. The van der Waals surface area contributed by atoms with Crippen molar-refractivity contribution in [3.63, 3.8) is 0 Å². The number of hydrogen-bond acceptors (Lipinski definition) is 8.